The minimum absolute atomic E-state index is 0.0884. The van der Waals surface area contributed by atoms with Gasteiger partial charge in [-0.05, 0) is 43.5 Å². The highest BCUT2D eigenvalue weighted by molar-refractivity contribution is 5.94. The molecule has 2 aliphatic heterocycles. The highest BCUT2D eigenvalue weighted by Gasteiger charge is 2.39. The maximum atomic E-state index is 13.3. The standard InChI is InChI=1S/C17H19FN4O/c1-22-14(12-3-2-4-16(18)20-12)7-8-15(22)17(23)21-13-9-10-5-6-11(13)19-10/h2-4,7-8,10-11,13,19H,5-6,9H2,1H3,(H,21,23)/t10-,11+,13-/m1/s1. The predicted octanol–water partition coefficient (Wildman–Crippen LogP) is 1.85. The number of halogens is 1. The molecular formula is C17H19FN4O. The first kappa shape index (κ1) is 14.4. The molecule has 2 bridgehead atoms. The predicted molar refractivity (Wildman–Crippen MR) is 84.4 cm³/mol. The van der Waals surface area contributed by atoms with Gasteiger partial charge in [-0.2, -0.15) is 4.39 Å². The Balaban J connectivity index is 1.54. The second-order valence-corrected chi connectivity index (χ2v) is 6.37. The summed E-state index contributed by atoms with van der Waals surface area (Å²) in [5.41, 5.74) is 1.81. The molecule has 0 unspecified atom stereocenters. The van der Waals surface area contributed by atoms with E-state index in [1.165, 1.54) is 12.5 Å². The third-order valence-corrected chi connectivity index (χ3v) is 4.95. The molecule has 2 fully saturated rings. The van der Waals surface area contributed by atoms with E-state index < -0.39 is 5.95 Å². The van der Waals surface area contributed by atoms with E-state index in [0.29, 0.717) is 23.5 Å². The van der Waals surface area contributed by atoms with Gasteiger partial charge in [-0.3, -0.25) is 4.79 Å². The molecule has 0 aromatic carbocycles. The smallest absolute Gasteiger partial charge is 0.268 e. The molecule has 120 valence electrons. The lowest BCUT2D eigenvalue weighted by atomic mass is 9.95. The van der Waals surface area contributed by atoms with Gasteiger partial charge in [-0.15, -0.1) is 0 Å². The van der Waals surface area contributed by atoms with Crippen LogP contribution in [0.5, 0.6) is 0 Å². The molecule has 2 aliphatic rings. The Kier molecular flexibility index (Phi) is 3.41. The number of fused-ring (bicyclic) bond motifs is 2. The average Bonchev–Trinajstić information content (AvgIpc) is 3.22. The molecule has 0 aliphatic carbocycles. The Morgan fingerprint density at radius 1 is 1.35 bits per heavy atom. The van der Waals surface area contributed by atoms with E-state index in [9.17, 15) is 9.18 Å². The molecule has 0 spiro atoms. The Morgan fingerprint density at radius 3 is 2.91 bits per heavy atom. The molecule has 2 aromatic rings. The largest absolute Gasteiger partial charge is 0.346 e. The van der Waals surface area contributed by atoms with E-state index >= 15 is 0 Å². The zero-order valence-electron chi connectivity index (χ0n) is 12.9. The maximum Gasteiger partial charge on any atom is 0.268 e. The lowest BCUT2D eigenvalue weighted by Crippen LogP contribution is -2.43. The molecule has 5 nitrogen and oxygen atoms in total. The van der Waals surface area contributed by atoms with Crippen molar-refractivity contribution in [2.24, 2.45) is 7.05 Å². The number of nitrogens with zero attached hydrogens (tertiary/aromatic N) is 2. The number of aromatic nitrogens is 2. The fraction of sp³-hybridized carbons (Fsp3) is 0.412. The van der Waals surface area contributed by atoms with Gasteiger partial charge in [0.15, 0.2) is 0 Å². The summed E-state index contributed by atoms with van der Waals surface area (Å²) in [6.07, 6.45) is 3.33. The van der Waals surface area contributed by atoms with Crippen molar-refractivity contribution in [2.45, 2.75) is 37.4 Å². The molecule has 1 amide bonds. The number of carbonyl (C=O) groups is 1. The molecular weight excluding hydrogens is 295 g/mol. The van der Waals surface area contributed by atoms with Crippen LogP contribution < -0.4 is 10.6 Å². The summed E-state index contributed by atoms with van der Waals surface area (Å²) in [5, 5.41) is 6.64. The Hall–Kier alpha value is -2.21. The number of rotatable bonds is 3. The highest BCUT2D eigenvalue weighted by Crippen LogP contribution is 2.28. The zero-order valence-corrected chi connectivity index (χ0v) is 12.9. The first-order valence-corrected chi connectivity index (χ1v) is 7.97. The van der Waals surface area contributed by atoms with Crippen LogP contribution in [0.15, 0.2) is 30.3 Å². The maximum absolute atomic E-state index is 13.3. The van der Waals surface area contributed by atoms with Gasteiger partial charge in [0, 0.05) is 25.2 Å². The Labute approximate surface area is 133 Å². The van der Waals surface area contributed by atoms with Gasteiger partial charge in [0.1, 0.15) is 5.69 Å². The van der Waals surface area contributed by atoms with Crippen molar-refractivity contribution in [3.05, 3.63) is 42.0 Å². The third kappa shape index (κ3) is 2.53. The molecule has 2 saturated heterocycles. The van der Waals surface area contributed by atoms with Crippen LogP contribution in [0.4, 0.5) is 4.39 Å². The molecule has 6 heteroatoms. The quantitative estimate of drug-likeness (QED) is 0.850. The number of carbonyl (C=O) groups excluding carboxylic acids is 1. The SMILES string of the molecule is Cn1c(C(=O)N[C@@H]2C[C@H]3CC[C@@H]2N3)ccc1-c1cccc(F)n1. The van der Waals surface area contributed by atoms with Gasteiger partial charge in [0.05, 0.1) is 11.4 Å². The zero-order chi connectivity index (χ0) is 16.0. The van der Waals surface area contributed by atoms with Crippen molar-refractivity contribution in [1.29, 1.82) is 0 Å². The molecule has 0 radical (unpaired) electrons. The van der Waals surface area contributed by atoms with Crippen LogP contribution in [0, 0.1) is 5.95 Å². The fourth-order valence-corrected chi connectivity index (χ4v) is 3.77. The number of pyridine rings is 1. The normalized spacial score (nSPS) is 25.7. The Morgan fingerprint density at radius 2 is 2.22 bits per heavy atom. The lowest BCUT2D eigenvalue weighted by molar-refractivity contribution is 0.0923. The topological polar surface area (TPSA) is 59.0 Å². The van der Waals surface area contributed by atoms with Crippen molar-refractivity contribution >= 4 is 5.91 Å². The van der Waals surface area contributed by atoms with E-state index in [-0.39, 0.29) is 11.9 Å². The molecule has 2 N–H and O–H groups in total. The van der Waals surface area contributed by atoms with Crippen LogP contribution in [0.2, 0.25) is 0 Å². The molecule has 3 atom stereocenters. The molecule has 4 heterocycles. The van der Waals surface area contributed by atoms with E-state index in [4.69, 9.17) is 0 Å². The number of nitrogens with one attached hydrogen (secondary N) is 2. The average molecular weight is 314 g/mol. The number of amides is 1. The second kappa shape index (κ2) is 5.45. The van der Waals surface area contributed by atoms with Crippen LogP contribution in [0.3, 0.4) is 0 Å². The second-order valence-electron chi connectivity index (χ2n) is 6.37. The van der Waals surface area contributed by atoms with Crippen molar-refractivity contribution in [3.8, 4) is 11.4 Å². The summed E-state index contributed by atoms with van der Waals surface area (Å²) < 4.78 is 15.1. The fourth-order valence-electron chi connectivity index (χ4n) is 3.77. The monoisotopic (exact) mass is 314 g/mol. The number of hydrogen-bond acceptors (Lipinski definition) is 3. The summed E-state index contributed by atoms with van der Waals surface area (Å²) in [6.45, 7) is 0. The summed E-state index contributed by atoms with van der Waals surface area (Å²) in [4.78, 5) is 16.4. The first-order chi connectivity index (χ1) is 11.1. The van der Waals surface area contributed by atoms with E-state index in [2.05, 4.69) is 15.6 Å². The third-order valence-electron chi connectivity index (χ3n) is 4.95. The van der Waals surface area contributed by atoms with Gasteiger partial charge in [-0.1, -0.05) is 6.07 Å². The van der Waals surface area contributed by atoms with Gasteiger partial charge in [0.2, 0.25) is 5.95 Å². The van der Waals surface area contributed by atoms with Gasteiger partial charge in [-0.25, -0.2) is 4.98 Å². The Bertz CT molecular complexity index is 757. The lowest BCUT2D eigenvalue weighted by Gasteiger charge is -2.21. The molecule has 23 heavy (non-hydrogen) atoms. The minimum atomic E-state index is -0.525. The van der Waals surface area contributed by atoms with E-state index in [0.717, 1.165) is 18.5 Å². The van der Waals surface area contributed by atoms with Crippen LogP contribution in [0.1, 0.15) is 29.8 Å². The van der Waals surface area contributed by atoms with Gasteiger partial charge in [0.25, 0.3) is 5.91 Å². The molecule has 4 rings (SSSR count). The highest BCUT2D eigenvalue weighted by atomic mass is 19.1. The summed E-state index contributed by atoms with van der Waals surface area (Å²) >= 11 is 0. The van der Waals surface area contributed by atoms with Crippen LogP contribution in [-0.4, -0.2) is 33.6 Å². The van der Waals surface area contributed by atoms with Crippen molar-refractivity contribution < 1.29 is 9.18 Å². The van der Waals surface area contributed by atoms with Crippen LogP contribution in [0.25, 0.3) is 11.4 Å². The van der Waals surface area contributed by atoms with E-state index in [1.54, 1.807) is 35.9 Å². The molecule has 2 aromatic heterocycles. The van der Waals surface area contributed by atoms with Gasteiger partial charge >= 0.3 is 0 Å². The van der Waals surface area contributed by atoms with Crippen molar-refractivity contribution in [3.63, 3.8) is 0 Å². The summed E-state index contributed by atoms with van der Waals surface area (Å²) in [5.74, 6) is -0.614. The van der Waals surface area contributed by atoms with Crippen molar-refractivity contribution in [2.75, 3.05) is 0 Å². The summed E-state index contributed by atoms with van der Waals surface area (Å²) in [6, 6.07) is 9.37. The molecule has 0 saturated carbocycles. The first-order valence-electron chi connectivity index (χ1n) is 7.97. The summed E-state index contributed by atoms with van der Waals surface area (Å²) in [7, 11) is 1.80. The van der Waals surface area contributed by atoms with Crippen molar-refractivity contribution in [1.82, 2.24) is 20.2 Å². The van der Waals surface area contributed by atoms with Gasteiger partial charge < -0.3 is 15.2 Å². The minimum Gasteiger partial charge on any atom is -0.346 e. The van der Waals surface area contributed by atoms with E-state index in [1.807, 2.05) is 0 Å². The number of hydrogen-bond donors (Lipinski definition) is 2. The van der Waals surface area contributed by atoms with Crippen LogP contribution >= 0.6 is 0 Å². The van der Waals surface area contributed by atoms with Crippen LogP contribution in [-0.2, 0) is 7.05 Å².